The normalized spacial score (nSPS) is 11.7. The molecule has 0 unspecified atom stereocenters. The predicted octanol–water partition coefficient (Wildman–Crippen LogP) is 16.9. The van der Waals surface area contributed by atoms with Crippen molar-refractivity contribution < 1.29 is 9.50 Å². The summed E-state index contributed by atoms with van der Waals surface area (Å²) in [5.41, 5.74) is 8.29. The maximum atomic E-state index is 5.48. The van der Waals surface area contributed by atoms with E-state index in [0.29, 0.717) is 0 Å². The monoisotopic (exact) mass is 1140 g/mol. The zero-order chi connectivity index (χ0) is 41.5. The second-order valence-corrected chi connectivity index (χ2v) is 81.1. The Morgan fingerprint density at radius 3 is 1.05 bits per heavy atom. The number of benzene rings is 4. The van der Waals surface area contributed by atoms with Crippen LogP contribution in [0.4, 0.5) is 0 Å². The number of hydrogen-bond acceptors (Lipinski definition) is 0. The molecule has 2 radical (unpaired) electrons. The molecule has 0 saturated carbocycles. The number of rotatable bonds is 12. The van der Waals surface area contributed by atoms with Crippen molar-refractivity contribution in [2.24, 2.45) is 0 Å². The molecule has 0 atom stereocenters. The Morgan fingerprint density at radius 1 is 0.518 bits per heavy atom. The molecule has 0 saturated heterocycles. The first-order valence-electron chi connectivity index (χ1n) is 20.4. The quantitative estimate of drug-likeness (QED) is 0.0496. The van der Waals surface area contributed by atoms with Gasteiger partial charge in [-0.05, 0) is 89.8 Å². The van der Waals surface area contributed by atoms with E-state index in [9.17, 15) is 0 Å². The van der Waals surface area contributed by atoms with Crippen molar-refractivity contribution in [3.05, 3.63) is 120 Å². The molecule has 0 bridgehead atoms. The molecular weight excluding hydrogens is 1080 g/mol. The molecule has 0 amide bonds. The summed E-state index contributed by atoms with van der Waals surface area (Å²) in [6.07, 6.45) is 10.1. The van der Waals surface area contributed by atoms with Gasteiger partial charge in [0.15, 0.2) is 0 Å². The van der Waals surface area contributed by atoms with Gasteiger partial charge >= 0.3 is 62.6 Å². The third-order valence-electron chi connectivity index (χ3n) is 11.5. The Bertz CT molecular complexity index is 1880. The van der Waals surface area contributed by atoms with E-state index < -0.39 is 24.0 Å². The SMILES string of the molecule is CCc1cc2c(-c3ccc([P+](CC)(CC)CC)cc3)cccc2[cH-]1.CCc1cc2c(-c3ccc([P+](CC)(CC)CC)cc3)cccc2[cH-]1.C[Si]C.[Cl][Zr]([Cl])([I])[I]. The number of aryl methyl sites for hydroxylation is 2. The molecule has 0 aliphatic carbocycles. The van der Waals surface area contributed by atoms with Crippen molar-refractivity contribution in [1.29, 1.82) is 0 Å². The van der Waals surface area contributed by atoms with Crippen molar-refractivity contribution >= 4 is 109 Å². The molecule has 0 nitrogen and oxygen atoms in total. The van der Waals surface area contributed by atoms with E-state index in [4.69, 9.17) is 17.0 Å². The third kappa shape index (κ3) is 13.6. The first-order chi connectivity index (χ1) is 26.8. The number of fused-ring (bicyclic) bond motifs is 2. The van der Waals surface area contributed by atoms with Crippen LogP contribution < -0.4 is 10.6 Å². The molecule has 0 spiro atoms. The van der Waals surface area contributed by atoms with Crippen LogP contribution in [0.15, 0.2) is 109 Å². The Morgan fingerprint density at radius 2 is 0.804 bits per heavy atom. The molecule has 6 aromatic carbocycles. The molecule has 6 aromatic rings. The van der Waals surface area contributed by atoms with Crippen LogP contribution in [0.3, 0.4) is 0 Å². The Labute approximate surface area is 375 Å². The average Bonchev–Trinajstić information content (AvgIpc) is 3.85. The Hall–Kier alpha value is 0.100. The van der Waals surface area contributed by atoms with E-state index in [-0.39, 0.29) is 0 Å². The first kappa shape index (κ1) is 50.5. The van der Waals surface area contributed by atoms with Crippen molar-refractivity contribution in [2.75, 3.05) is 37.0 Å². The standard InChI is InChI=1S/2C23H29P.C2H6Si.2ClH.2HI.Zr/c2*1-5-18-16-20-10-9-11-22(23(20)17-18)19-12-14-21(15-13-19)24(6-2,7-3)8-4;1-3-2;;;;;/h2*9-17H,5-8H2,1-4H3;1-2H3;4*1H;/q;;;;;;;+4/p-4. The summed E-state index contributed by atoms with van der Waals surface area (Å²) >= 11 is 4.21. The molecule has 6 rings (SSSR count). The van der Waals surface area contributed by atoms with Crippen molar-refractivity contribution in [3.63, 3.8) is 0 Å². The molecule has 0 fully saturated rings. The fourth-order valence-corrected chi connectivity index (χ4v) is 14.3. The second kappa shape index (κ2) is 24.5. The summed E-state index contributed by atoms with van der Waals surface area (Å²) in [7, 11) is 7.84. The van der Waals surface area contributed by atoms with Gasteiger partial charge in [-0.3, -0.25) is 0 Å². The average molecular weight is 1150 g/mol. The van der Waals surface area contributed by atoms with Gasteiger partial charge in [0.2, 0.25) is 0 Å². The van der Waals surface area contributed by atoms with Crippen LogP contribution >= 0.6 is 67.6 Å². The van der Waals surface area contributed by atoms with Crippen LogP contribution in [0.2, 0.25) is 13.1 Å². The van der Waals surface area contributed by atoms with Crippen LogP contribution in [0.5, 0.6) is 0 Å². The number of halogens is 4. The van der Waals surface area contributed by atoms with Gasteiger partial charge in [-0.15, -0.1) is 69.1 Å². The molecule has 302 valence electrons. The van der Waals surface area contributed by atoms with Crippen molar-refractivity contribution in [2.45, 2.75) is 81.3 Å². The van der Waals surface area contributed by atoms with Gasteiger partial charge in [-0.2, -0.15) is 12.1 Å². The molecule has 0 heterocycles. The number of hydrogen-bond donors (Lipinski definition) is 0. The summed E-state index contributed by atoms with van der Waals surface area (Å²) in [6.45, 7) is 23.0. The Kier molecular flexibility index (Phi) is 22.1. The summed E-state index contributed by atoms with van der Waals surface area (Å²) in [4.78, 5) is 0. The second-order valence-electron chi connectivity index (χ2n) is 14.3. The van der Waals surface area contributed by atoms with Crippen LogP contribution in [0.1, 0.15) is 66.5 Å². The van der Waals surface area contributed by atoms with E-state index in [1.165, 1.54) is 91.9 Å². The zero-order valence-corrected chi connectivity index (χ0v) is 46.5. The zero-order valence-electron chi connectivity index (χ0n) is 35.5. The van der Waals surface area contributed by atoms with Gasteiger partial charge in [0.05, 0.1) is 47.6 Å². The molecular formula is C48H64Cl2I2P2SiZr. The van der Waals surface area contributed by atoms with Gasteiger partial charge in [0.25, 0.3) is 0 Å². The van der Waals surface area contributed by atoms with E-state index in [0.717, 1.165) is 22.4 Å². The van der Waals surface area contributed by atoms with Gasteiger partial charge in [0, 0.05) is 24.0 Å². The van der Waals surface area contributed by atoms with Crippen LogP contribution in [0, 0.1) is 0 Å². The Balaban J connectivity index is 0.000000252. The van der Waals surface area contributed by atoms with Gasteiger partial charge in [-0.1, -0.05) is 74.5 Å². The minimum absolute atomic E-state index is 0.951. The minimum atomic E-state index is -2.30. The van der Waals surface area contributed by atoms with Crippen LogP contribution in [-0.4, -0.2) is 46.5 Å². The van der Waals surface area contributed by atoms with E-state index in [1.54, 1.807) is 10.6 Å². The summed E-state index contributed by atoms with van der Waals surface area (Å²) in [5, 5.41) is 8.72. The van der Waals surface area contributed by atoms with Crippen LogP contribution in [-0.2, 0) is 22.3 Å². The molecule has 0 aliphatic heterocycles. The van der Waals surface area contributed by atoms with Crippen molar-refractivity contribution in [1.82, 2.24) is 0 Å². The topological polar surface area (TPSA) is 0 Å². The van der Waals surface area contributed by atoms with Crippen LogP contribution in [0.25, 0.3) is 43.8 Å². The summed E-state index contributed by atoms with van der Waals surface area (Å²) in [5.74, 6) is 0. The van der Waals surface area contributed by atoms with E-state index in [1.807, 2.05) is 0 Å². The van der Waals surface area contributed by atoms with Gasteiger partial charge in [-0.25, -0.2) is 0 Å². The molecule has 56 heavy (non-hydrogen) atoms. The first-order valence-corrected chi connectivity index (χ1v) is 48.0. The molecule has 8 heteroatoms. The van der Waals surface area contributed by atoms with Gasteiger partial charge < -0.3 is 0 Å². The molecule has 0 aromatic heterocycles. The van der Waals surface area contributed by atoms with Crippen molar-refractivity contribution in [3.8, 4) is 22.3 Å². The van der Waals surface area contributed by atoms with E-state index >= 15 is 0 Å². The fourth-order valence-electron chi connectivity index (χ4n) is 7.86. The maximum absolute atomic E-state index is 5.48. The van der Waals surface area contributed by atoms with Gasteiger partial charge in [0.1, 0.15) is 0 Å². The van der Waals surface area contributed by atoms with E-state index in [2.05, 4.69) is 214 Å². The summed E-state index contributed by atoms with van der Waals surface area (Å²) < 4.78 is 0. The molecule has 0 N–H and O–H groups in total. The fraction of sp³-hybridized carbons (Fsp3) is 0.375. The molecule has 0 aliphatic rings. The third-order valence-corrected chi connectivity index (χ3v) is 21.6. The summed E-state index contributed by atoms with van der Waals surface area (Å²) in [6, 6.07) is 41.7. The predicted molar refractivity (Wildman–Crippen MR) is 282 cm³/mol.